The van der Waals surface area contributed by atoms with Crippen LogP contribution in [0.25, 0.3) is 23.0 Å². The Labute approximate surface area is 171 Å². The molecule has 0 radical (unpaired) electrons. The Morgan fingerprint density at radius 1 is 1.03 bits per heavy atom. The van der Waals surface area contributed by atoms with Gasteiger partial charge < -0.3 is 9.47 Å². The number of thioether (sulfide) groups is 1. The molecule has 3 aromatic rings. The van der Waals surface area contributed by atoms with Gasteiger partial charge in [0.25, 0.3) is 11.1 Å². The maximum absolute atomic E-state index is 12.0. The molecule has 0 aliphatic carbocycles. The molecule has 0 spiro atoms. The third kappa shape index (κ3) is 3.74. The first-order chi connectivity index (χ1) is 14.1. The summed E-state index contributed by atoms with van der Waals surface area (Å²) in [5.74, 6) is 0.765. The lowest BCUT2D eigenvalue weighted by Gasteiger charge is -2.09. The van der Waals surface area contributed by atoms with Gasteiger partial charge in [-0.25, -0.2) is 4.68 Å². The average molecular weight is 407 g/mol. The lowest BCUT2D eigenvalue weighted by Crippen LogP contribution is -2.17. The number of methoxy groups -OCH3 is 2. The number of aromatic nitrogens is 2. The normalized spacial score (nSPS) is 14.9. The maximum atomic E-state index is 12.0. The minimum absolute atomic E-state index is 0.323. The van der Waals surface area contributed by atoms with Gasteiger partial charge in [0, 0.05) is 17.3 Å². The lowest BCUT2D eigenvalue weighted by molar-refractivity contribution is -0.115. The molecule has 8 heteroatoms. The highest BCUT2D eigenvalue weighted by Gasteiger charge is 2.26. The molecular weight excluding hydrogens is 390 g/mol. The SMILES string of the molecule is COc1ccc(-c2nn(-c3ccccc3)cc2/C=C2\SC(=O)NC2=O)cc1OC. The van der Waals surface area contributed by atoms with Gasteiger partial charge >= 0.3 is 0 Å². The molecule has 1 aromatic heterocycles. The van der Waals surface area contributed by atoms with Crippen LogP contribution in [0, 0.1) is 0 Å². The van der Waals surface area contributed by atoms with E-state index in [0.29, 0.717) is 27.7 Å². The number of para-hydroxylation sites is 1. The number of carbonyl (C=O) groups is 2. The van der Waals surface area contributed by atoms with Crippen LogP contribution in [0.2, 0.25) is 0 Å². The van der Waals surface area contributed by atoms with E-state index >= 15 is 0 Å². The second-order valence-electron chi connectivity index (χ2n) is 6.14. The summed E-state index contributed by atoms with van der Waals surface area (Å²) in [6, 6.07) is 15.1. The minimum atomic E-state index is -0.411. The third-order valence-corrected chi connectivity index (χ3v) is 5.16. The molecule has 0 atom stereocenters. The molecule has 7 nitrogen and oxygen atoms in total. The van der Waals surface area contributed by atoms with E-state index in [-0.39, 0.29) is 5.24 Å². The van der Waals surface area contributed by atoms with Crippen molar-refractivity contribution in [1.82, 2.24) is 15.1 Å². The van der Waals surface area contributed by atoms with E-state index in [2.05, 4.69) is 5.32 Å². The van der Waals surface area contributed by atoms with Gasteiger partial charge in [0.05, 0.1) is 24.8 Å². The van der Waals surface area contributed by atoms with Gasteiger partial charge in [-0.15, -0.1) is 0 Å². The maximum Gasteiger partial charge on any atom is 0.290 e. The quantitative estimate of drug-likeness (QED) is 0.647. The van der Waals surface area contributed by atoms with Gasteiger partial charge in [-0.05, 0) is 48.2 Å². The predicted octanol–water partition coefficient (Wildman–Crippen LogP) is 3.88. The Balaban J connectivity index is 1.86. The van der Waals surface area contributed by atoms with Crippen molar-refractivity contribution in [2.45, 2.75) is 0 Å². The zero-order chi connectivity index (χ0) is 20.4. The fourth-order valence-corrected chi connectivity index (χ4v) is 3.65. The lowest BCUT2D eigenvalue weighted by atomic mass is 10.1. The van der Waals surface area contributed by atoms with Crippen LogP contribution in [-0.2, 0) is 4.79 Å². The Bertz CT molecular complexity index is 1120. The molecule has 4 rings (SSSR count). The predicted molar refractivity (Wildman–Crippen MR) is 111 cm³/mol. The Morgan fingerprint density at radius 3 is 2.45 bits per heavy atom. The number of amides is 2. The van der Waals surface area contributed by atoms with Crippen LogP contribution in [0.3, 0.4) is 0 Å². The number of ether oxygens (including phenoxy) is 2. The molecule has 1 aliphatic rings. The second-order valence-corrected chi connectivity index (χ2v) is 7.15. The highest BCUT2D eigenvalue weighted by atomic mass is 32.2. The van der Waals surface area contributed by atoms with Crippen LogP contribution in [0.1, 0.15) is 5.56 Å². The van der Waals surface area contributed by atoms with E-state index in [4.69, 9.17) is 14.6 Å². The average Bonchev–Trinajstić information content (AvgIpc) is 3.31. The molecule has 1 aliphatic heterocycles. The molecule has 1 fully saturated rings. The molecule has 29 heavy (non-hydrogen) atoms. The molecule has 0 saturated carbocycles. The van der Waals surface area contributed by atoms with Crippen LogP contribution < -0.4 is 14.8 Å². The molecule has 2 aromatic carbocycles. The fraction of sp³-hybridized carbons (Fsp3) is 0.0952. The van der Waals surface area contributed by atoms with Crippen molar-refractivity contribution in [3.63, 3.8) is 0 Å². The second kappa shape index (κ2) is 7.84. The van der Waals surface area contributed by atoms with Crippen molar-refractivity contribution in [3.8, 4) is 28.4 Å². The van der Waals surface area contributed by atoms with Crippen LogP contribution in [0.15, 0.2) is 59.6 Å². The van der Waals surface area contributed by atoms with Gasteiger partial charge in [0.2, 0.25) is 0 Å². The molecule has 0 unspecified atom stereocenters. The first kappa shape index (κ1) is 18.8. The summed E-state index contributed by atoms with van der Waals surface area (Å²) in [5, 5.41) is 6.60. The largest absolute Gasteiger partial charge is 0.493 e. The van der Waals surface area contributed by atoms with Crippen molar-refractivity contribution in [2.75, 3.05) is 14.2 Å². The van der Waals surface area contributed by atoms with E-state index in [1.165, 1.54) is 0 Å². The van der Waals surface area contributed by atoms with Crippen molar-refractivity contribution >= 4 is 29.0 Å². The number of nitrogens with zero attached hydrogens (tertiary/aromatic N) is 2. The van der Waals surface area contributed by atoms with Gasteiger partial charge in [-0.2, -0.15) is 5.10 Å². The van der Waals surface area contributed by atoms with E-state index < -0.39 is 5.91 Å². The summed E-state index contributed by atoms with van der Waals surface area (Å²) in [4.78, 5) is 23.9. The first-order valence-electron chi connectivity index (χ1n) is 8.71. The smallest absolute Gasteiger partial charge is 0.290 e. The van der Waals surface area contributed by atoms with E-state index in [9.17, 15) is 9.59 Å². The number of hydrogen-bond acceptors (Lipinski definition) is 6. The highest BCUT2D eigenvalue weighted by Crippen LogP contribution is 2.35. The summed E-state index contributed by atoms with van der Waals surface area (Å²) in [7, 11) is 3.14. The summed E-state index contributed by atoms with van der Waals surface area (Å²) in [6.45, 7) is 0. The van der Waals surface area contributed by atoms with E-state index in [0.717, 1.165) is 23.0 Å². The molecule has 1 N–H and O–H groups in total. The number of nitrogens with one attached hydrogen (secondary N) is 1. The fourth-order valence-electron chi connectivity index (χ4n) is 2.98. The Hall–Kier alpha value is -3.52. The third-order valence-electron chi connectivity index (χ3n) is 4.35. The van der Waals surface area contributed by atoms with Crippen LogP contribution in [0.5, 0.6) is 11.5 Å². The molecule has 0 bridgehead atoms. The summed E-state index contributed by atoms with van der Waals surface area (Å²) in [5.41, 5.74) is 3.01. The Morgan fingerprint density at radius 2 is 1.79 bits per heavy atom. The Kier molecular flexibility index (Phi) is 5.09. The van der Waals surface area contributed by atoms with Crippen molar-refractivity contribution in [2.24, 2.45) is 0 Å². The number of rotatable bonds is 5. The number of imide groups is 1. The molecular formula is C21H17N3O4S. The monoisotopic (exact) mass is 407 g/mol. The van der Waals surface area contributed by atoms with Gasteiger partial charge in [0.1, 0.15) is 5.69 Å². The van der Waals surface area contributed by atoms with E-state index in [1.54, 1.807) is 31.0 Å². The molecule has 2 amide bonds. The zero-order valence-corrected chi connectivity index (χ0v) is 16.5. The molecule has 2 heterocycles. The van der Waals surface area contributed by atoms with Crippen molar-refractivity contribution in [3.05, 3.63) is 65.2 Å². The highest BCUT2D eigenvalue weighted by molar-refractivity contribution is 8.18. The summed E-state index contributed by atoms with van der Waals surface area (Å²) < 4.78 is 12.4. The number of benzene rings is 2. The minimum Gasteiger partial charge on any atom is -0.493 e. The van der Waals surface area contributed by atoms with Gasteiger partial charge in [-0.3, -0.25) is 14.9 Å². The first-order valence-corrected chi connectivity index (χ1v) is 9.53. The topological polar surface area (TPSA) is 82.5 Å². The van der Waals surface area contributed by atoms with Crippen LogP contribution in [0.4, 0.5) is 4.79 Å². The number of hydrogen-bond donors (Lipinski definition) is 1. The van der Waals surface area contributed by atoms with E-state index in [1.807, 2.05) is 48.7 Å². The van der Waals surface area contributed by atoms with Crippen molar-refractivity contribution < 1.29 is 19.1 Å². The van der Waals surface area contributed by atoms with Crippen LogP contribution in [-0.4, -0.2) is 35.1 Å². The number of carbonyl (C=O) groups excluding carboxylic acids is 2. The standard InChI is InChI=1S/C21H17N3O4S/c1-27-16-9-8-13(10-17(16)28-2)19-14(11-18-20(25)22-21(26)29-18)12-24(23-19)15-6-4-3-5-7-15/h3-12H,1-2H3,(H,22,25,26)/b18-11-. The van der Waals surface area contributed by atoms with Gasteiger partial charge in [0.15, 0.2) is 11.5 Å². The molecule has 1 saturated heterocycles. The zero-order valence-electron chi connectivity index (χ0n) is 15.7. The summed E-state index contributed by atoms with van der Waals surface area (Å²) in [6.07, 6.45) is 3.49. The van der Waals surface area contributed by atoms with Crippen molar-refractivity contribution in [1.29, 1.82) is 0 Å². The van der Waals surface area contributed by atoms with Crippen LogP contribution >= 0.6 is 11.8 Å². The molecule has 146 valence electrons. The van der Waals surface area contributed by atoms with Gasteiger partial charge in [-0.1, -0.05) is 18.2 Å². The summed E-state index contributed by atoms with van der Waals surface area (Å²) >= 11 is 0.871.